The number of hydrogen-bond donors (Lipinski definition) is 0. The molecule has 0 bridgehead atoms. The highest BCUT2D eigenvalue weighted by Crippen LogP contribution is 2.24. The Bertz CT molecular complexity index is 1480. The molecule has 0 N–H and O–H groups in total. The van der Waals surface area contributed by atoms with Crippen LogP contribution in [0.15, 0.2) is 90.0 Å². The summed E-state index contributed by atoms with van der Waals surface area (Å²) >= 11 is 5.97. The van der Waals surface area contributed by atoms with E-state index in [9.17, 15) is 13.2 Å². The molecule has 1 aliphatic rings. The number of pyridine rings is 1. The van der Waals surface area contributed by atoms with E-state index in [4.69, 9.17) is 11.6 Å². The molecule has 4 aromatic rings. The van der Waals surface area contributed by atoms with Gasteiger partial charge < -0.3 is 4.90 Å². The van der Waals surface area contributed by atoms with Crippen molar-refractivity contribution in [2.24, 2.45) is 0 Å². The maximum Gasteiger partial charge on any atom is 0.253 e. The first-order chi connectivity index (χ1) is 17.4. The number of rotatable bonds is 6. The van der Waals surface area contributed by atoms with E-state index in [1.54, 1.807) is 48.7 Å². The van der Waals surface area contributed by atoms with Crippen LogP contribution in [0.2, 0.25) is 5.02 Å². The van der Waals surface area contributed by atoms with Crippen molar-refractivity contribution < 1.29 is 13.2 Å². The van der Waals surface area contributed by atoms with Gasteiger partial charge in [0, 0.05) is 54.9 Å². The van der Waals surface area contributed by atoms with Crippen LogP contribution in [0.1, 0.15) is 21.5 Å². The lowest BCUT2D eigenvalue weighted by atomic mass is 10.1. The van der Waals surface area contributed by atoms with Crippen LogP contribution in [-0.4, -0.2) is 55.3 Å². The van der Waals surface area contributed by atoms with Crippen molar-refractivity contribution in [3.05, 3.63) is 107 Å². The number of amides is 1. The SMILES string of the molecule is O=C(c1ccc(CS(=O)(=O)c2cccc3cccnc23)cc1)N1CCN(Cc2ccc(Cl)cc2)CC1. The van der Waals surface area contributed by atoms with Gasteiger partial charge in [-0.1, -0.05) is 54.1 Å². The number of carbonyl (C=O) groups is 1. The predicted octanol–water partition coefficient (Wildman–Crippen LogP) is 4.82. The molecule has 6 nitrogen and oxygen atoms in total. The Morgan fingerprint density at radius 3 is 2.22 bits per heavy atom. The lowest BCUT2D eigenvalue weighted by Crippen LogP contribution is -2.48. The van der Waals surface area contributed by atoms with Crippen LogP contribution >= 0.6 is 11.6 Å². The number of hydrogen-bond acceptors (Lipinski definition) is 5. The fourth-order valence-corrected chi connectivity index (χ4v) is 6.17. The number of aromatic nitrogens is 1. The summed E-state index contributed by atoms with van der Waals surface area (Å²) in [5.41, 5.74) is 2.87. The molecule has 0 spiro atoms. The highest BCUT2D eigenvalue weighted by Gasteiger charge is 2.23. The molecule has 3 aromatic carbocycles. The zero-order chi connectivity index (χ0) is 25.1. The van der Waals surface area contributed by atoms with E-state index in [1.807, 2.05) is 41.3 Å². The Labute approximate surface area is 216 Å². The van der Waals surface area contributed by atoms with Crippen LogP contribution < -0.4 is 0 Å². The van der Waals surface area contributed by atoms with Crippen molar-refractivity contribution in [1.29, 1.82) is 0 Å². The van der Waals surface area contributed by atoms with E-state index < -0.39 is 9.84 Å². The predicted molar refractivity (Wildman–Crippen MR) is 142 cm³/mol. The van der Waals surface area contributed by atoms with E-state index in [1.165, 1.54) is 5.56 Å². The zero-order valence-corrected chi connectivity index (χ0v) is 21.3. The fourth-order valence-electron chi connectivity index (χ4n) is 4.51. The van der Waals surface area contributed by atoms with Crippen LogP contribution in [0.25, 0.3) is 10.9 Å². The summed E-state index contributed by atoms with van der Waals surface area (Å²) in [7, 11) is -3.60. The number of halogens is 1. The molecule has 1 fully saturated rings. The molecule has 0 unspecified atom stereocenters. The third kappa shape index (κ3) is 5.43. The van der Waals surface area contributed by atoms with Crippen LogP contribution in [0.3, 0.4) is 0 Å². The third-order valence-corrected chi connectivity index (χ3v) is 8.43. The smallest absolute Gasteiger partial charge is 0.253 e. The number of piperazine rings is 1. The minimum atomic E-state index is -3.60. The Hall–Kier alpha value is -3.26. The summed E-state index contributed by atoms with van der Waals surface area (Å²) in [5, 5.41) is 1.51. The molecule has 1 saturated heterocycles. The monoisotopic (exact) mass is 519 g/mol. The first kappa shape index (κ1) is 24.4. The van der Waals surface area contributed by atoms with E-state index in [0.717, 1.165) is 30.0 Å². The van der Waals surface area contributed by atoms with Crippen molar-refractivity contribution in [2.45, 2.75) is 17.2 Å². The van der Waals surface area contributed by atoms with E-state index in [0.29, 0.717) is 29.7 Å². The van der Waals surface area contributed by atoms with Gasteiger partial charge in [-0.25, -0.2) is 8.42 Å². The van der Waals surface area contributed by atoms with E-state index in [-0.39, 0.29) is 16.6 Å². The summed E-state index contributed by atoms with van der Waals surface area (Å²) < 4.78 is 26.3. The molecule has 1 amide bonds. The van der Waals surface area contributed by atoms with Gasteiger partial charge in [-0.15, -0.1) is 0 Å². The van der Waals surface area contributed by atoms with E-state index in [2.05, 4.69) is 9.88 Å². The van der Waals surface area contributed by atoms with Crippen LogP contribution in [-0.2, 0) is 22.1 Å². The summed E-state index contributed by atoms with van der Waals surface area (Å²) in [5.74, 6) is -0.186. The second kappa shape index (κ2) is 10.4. The Morgan fingerprint density at radius 1 is 0.833 bits per heavy atom. The Kier molecular flexibility index (Phi) is 7.05. The minimum absolute atomic E-state index is 0.0335. The van der Waals surface area contributed by atoms with Gasteiger partial charge in [-0.3, -0.25) is 14.7 Å². The quantitative estimate of drug-likeness (QED) is 0.365. The van der Waals surface area contributed by atoms with Gasteiger partial charge in [-0.2, -0.15) is 0 Å². The molecule has 36 heavy (non-hydrogen) atoms. The second-order valence-electron chi connectivity index (χ2n) is 8.98. The van der Waals surface area contributed by atoms with Crippen molar-refractivity contribution in [3.63, 3.8) is 0 Å². The van der Waals surface area contributed by atoms with Crippen molar-refractivity contribution in [3.8, 4) is 0 Å². The topological polar surface area (TPSA) is 70.6 Å². The Balaban J connectivity index is 1.21. The van der Waals surface area contributed by atoms with Crippen LogP contribution in [0.5, 0.6) is 0 Å². The fraction of sp³-hybridized carbons (Fsp3) is 0.214. The molecule has 0 saturated carbocycles. The molecular weight excluding hydrogens is 494 g/mol. The number of carbonyl (C=O) groups excluding carboxylic acids is 1. The standard InChI is InChI=1S/C28H26ClN3O3S/c29-25-12-8-21(9-13-25)19-31-15-17-32(18-16-31)28(33)24-10-6-22(7-11-24)20-36(34,35)26-5-1-3-23-4-2-14-30-27(23)26/h1-14H,15-20H2. The Morgan fingerprint density at radius 2 is 1.50 bits per heavy atom. The first-order valence-corrected chi connectivity index (χ1v) is 13.8. The maximum absolute atomic E-state index is 13.1. The molecule has 0 aliphatic carbocycles. The number of sulfone groups is 1. The number of fused-ring (bicyclic) bond motifs is 1. The van der Waals surface area contributed by atoms with Crippen molar-refractivity contribution in [2.75, 3.05) is 26.2 Å². The largest absolute Gasteiger partial charge is 0.336 e. The molecule has 1 aliphatic heterocycles. The van der Waals surface area contributed by atoms with Crippen molar-refractivity contribution in [1.82, 2.24) is 14.8 Å². The minimum Gasteiger partial charge on any atom is -0.336 e. The van der Waals surface area contributed by atoms with Crippen molar-refractivity contribution >= 4 is 38.2 Å². The molecule has 184 valence electrons. The van der Waals surface area contributed by atoms with Gasteiger partial charge in [0.1, 0.15) is 0 Å². The zero-order valence-electron chi connectivity index (χ0n) is 19.7. The molecule has 0 atom stereocenters. The molecule has 2 heterocycles. The summed E-state index contributed by atoms with van der Waals surface area (Å²) in [6.07, 6.45) is 1.60. The first-order valence-electron chi connectivity index (χ1n) is 11.8. The van der Waals surface area contributed by atoms with Gasteiger partial charge in [-0.05, 0) is 47.5 Å². The third-order valence-electron chi connectivity index (χ3n) is 6.47. The average Bonchev–Trinajstić information content (AvgIpc) is 2.90. The van der Waals surface area contributed by atoms with Gasteiger partial charge >= 0.3 is 0 Å². The van der Waals surface area contributed by atoms with Gasteiger partial charge in [0.2, 0.25) is 0 Å². The average molecular weight is 520 g/mol. The number of para-hydroxylation sites is 1. The lowest BCUT2D eigenvalue weighted by molar-refractivity contribution is 0.0628. The number of nitrogens with zero attached hydrogens (tertiary/aromatic N) is 3. The van der Waals surface area contributed by atoms with Gasteiger partial charge in [0.15, 0.2) is 9.84 Å². The van der Waals surface area contributed by atoms with Gasteiger partial charge in [0.05, 0.1) is 16.2 Å². The molecule has 8 heteroatoms. The normalized spacial score (nSPS) is 14.8. The lowest BCUT2D eigenvalue weighted by Gasteiger charge is -2.34. The maximum atomic E-state index is 13.1. The van der Waals surface area contributed by atoms with Crippen LogP contribution in [0.4, 0.5) is 0 Å². The molecule has 1 aromatic heterocycles. The highest BCUT2D eigenvalue weighted by atomic mass is 35.5. The molecule has 0 radical (unpaired) electrons. The molecule has 5 rings (SSSR count). The highest BCUT2D eigenvalue weighted by molar-refractivity contribution is 7.90. The van der Waals surface area contributed by atoms with Crippen LogP contribution in [0, 0.1) is 0 Å². The summed E-state index contributed by atoms with van der Waals surface area (Å²) in [6, 6.07) is 23.5. The summed E-state index contributed by atoms with van der Waals surface area (Å²) in [4.78, 5) is 21.7. The number of benzene rings is 3. The summed E-state index contributed by atoms with van der Waals surface area (Å²) in [6.45, 7) is 3.72. The second-order valence-corrected chi connectivity index (χ2v) is 11.4. The molecular formula is C28H26ClN3O3S. The van der Waals surface area contributed by atoms with Gasteiger partial charge in [0.25, 0.3) is 5.91 Å². The van der Waals surface area contributed by atoms with E-state index >= 15 is 0 Å².